The third-order valence-electron chi connectivity index (χ3n) is 0.814. The second-order valence-corrected chi connectivity index (χ2v) is 10.3. The second-order valence-electron chi connectivity index (χ2n) is 4.30. The Hall–Kier alpha value is 1.11. The van der Waals surface area contributed by atoms with E-state index in [1.165, 1.54) is 19.3 Å². The van der Waals surface area contributed by atoms with Gasteiger partial charge in [0, 0.05) is 56.8 Å². The predicted molar refractivity (Wildman–Crippen MR) is 73.8 cm³/mol. The van der Waals surface area contributed by atoms with Crippen molar-refractivity contribution in [3.8, 4) is 0 Å². The Bertz CT molecular complexity index is 94.3. The van der Waals surface area contributed by atoms with Gasteiger partial charge in [-0.2, -0.15) is 6.42 Å². The van der Waals surface area contributed by atoms with E-state index in [4.69, 9.17) is 0 Å². The van der Waals surface area contributed by atoms with E-state index in [0.717, 1.165) is 0 Å². The van der Waals surface area contributed by atoms with E-state index < -0.39 is 0 Å². The van der Waals surface area contributed by atoms with Crippen LogP contribution in [0.3, 0.4) is 0 Å². The molecule has 0 aliphatic heterocycles. The monoisotopic (exact) mass is 280 g/mol. The van der Waals surface area contributed by atoms with Crippen molar-refractivity contribution >= 4 is 15.8 Å². The maximum absolute atomic E-state index is 3.10. The smallest absolute Gasteiger partial charge is 0.0461 e. The summed E-state index contributed by atoms with van der Waals surface area (Å²) >= 11 is 0. The molecule has 1 radical (unpaired) electrons. The Morgan fingerprint density at radius 1 is 0.929 bits per heavy atom. The Labute approximate surface area is 104 Å². The van der Waals surface area contributed by atoms with Crippen molar-refractivity contribution in [2.45, 2.75) is 19.3 Å². The molecule has 1 rings (SSSR count). The first-order valence-electron chi connectivity index (χ1n) is 5.05. The summed E-state index contributed by atoms with van der Waals surface area (Å²) in [6.45, 7) is 13.6. The molecular weight excluding hydrogens is 253 g/mol. The van der Waals surface area contributed by atoms with Crippen molar-refractivity contribution in [1.82, 2.24) is 0 Å². The quantitative estimate of drug-likeness (QED) is 0.469. The standard InChI is InChI=1S/C5H7.2C3H9P.Co/c1-2-4-5-3-1;2*1-4(2)3;/h1H,2,4-5H2;2*1-3H3;/q-1;;;/p+2. The number of hydrogen-bond acceptors (Lipinski definition) is 0. The molecule has 0 unspecified atom stereocenters. The van der Waals surface area contributed by atoms with Crippen LogP contribution in [0.1, 0.15) is 19.3 Å². The fourth-order valence-corrected chi connectivity index (χ4v) is 0.510. The third kappa shape index (κ3) is 51.5. The molecule has 0 saturated heterocycles. The fourth-order valence-electron chi connectivity index (χ4n) is 0.510. The summed E-state index contributed by atoms with van der Waals surface area (Å²) in [4.78, 5) is 0. The third-order valence-corrected chi connectivity index (χ3v) is 0.814. The summed E-state index contributed by atoms with van der Waals surface area (Å²) in [6.07, 6.45) is 9.00. The SMILES string of the molecule is C[PH+](C)C.C[PH+](C)C.[C-]1=CCCC1.[Co]. The van der Waals surface area contributed by atoms with E-state index >= 15 is 0 Å². The van der Waals surface area contributed by atoms with Gasteiger partial charge in [-0.3, -0.25) is 6.08 Å². The first-order chi connectivity index (χ1) is 5.96. The molecule has 0 amide bonds. The van der Waals surface area contributed by atoms with Gasteiger partial charge in [0.25, 0.3) is 0 Å². The molecule has 0 saturated carbocycles. The Morgan fingerprint density at radius 3 is 1.36 bits per heavy atom. The molecule has 1 aliphatic rings. The maximum Gasteiger partial charge on any atom is 0.0461 e. The van der Waals surface area contributed by atoms with E-state index in [2.05, 4.69) is 52.1 Å². The number of allylic oxidation sites excluding steroid dienone is 2. The summed E-state index contributed by atoms with van der Waals surface area (Å²) in [5.41, 5.74) is 0. The average molecular weight is 280 g/mol. The molecule has 1 aliphatic carbocycles. The van der Waals surface area contributed by atoms with Crippen LogP contribution in [0.5, 0.6) is 0 Å². The molecule has 0 N–H and O–H groups in total. The topological polar surface area (TPSA) is 0 Å². The van der Waals surface area contributed by atoms with Crippen molar-refractivity contribution < 1.29 is 16.8 Å². The maximum atomic E-state index is 3.10. The zero-order valence-electron chi connectivity index (χ0n) is 10.5. The van der Waals surface area contributed by atoms with Crippen LogP contribution < -0.4 is 0 Å². The van der Waals surface area contributed by atoms with Gasteiger partial charge < -0.3 is 6.08 Å². The molecular formula is C11H27CoP2+. The fraction of sp³-hybridized carbons (Fsp3) is 0.818. The van der Waals surface area contributed by atoms with Gasteiger partial charge >= 0.3 is 0 Å². The van der Waals surface area contributed by atoms with E-state index in [9.17, 15) is 0 Å². The molecule has 0 heterocycles. The van der Waals surface area contributed by atoms with Crippen molar-refractivity contribution in [2.24, 2.45) is 0 Å². The molecule has 0 nitrogen and oxygen atoms in total. The van der Waals surface area contributed by atoms with Gasteiger partial charge in [-0.15, -0.1) is 0 Å². The van der Waals surface area contributed by atoms with E-state index in [0.29, 0.717) is 0 Å². The summed E-state index contributed by atoms with van der Waals surface area (Å²) in [5, 5.41) is 0. The van der Waals surface area contributed by atoms with Crippen LogP contribution in [0, 0.1) is 6.08 Å². The van der Waals surface area contributed by atoms with Crippen molar-refractivity contribution in [2.75, 3.05) is 40.0 Å². The van der Waals surface area contributed by atoms with Gasteiger partial charge in [0.1, 0.15) is 0 Å². The minimum atomic E-state index is 0. The number of hydrogen-bond donors (Lipinski definition) is 0. The zero-order valence-corrected chi connectivity index (χ0v) is 13.6. The minimum absolute atomic E-state index is 0. The molecule has 0 aromatic heterocycles. The first-order valence-corrected chi connectivity index (χ1v) is 11.1. The molecule has 0 aromatic rings. The zero-order chi connectivity index (χ0) is 10.7. The van der Waals surface area contributed by atoms with Crippen molar-refractivity contribution in [1.29, 1.82) is 0 Å². The Kier molecular flexibility index (Phi) is 24.2. The summed E-state index contributed by atoms with van der Waals surface area (Å²) in [7, 11) is 0.241. The first kappa shape index (κ1) is 20.5. The molecule has 3 heteroatoms. The van der Waals surface area contributed by atoms with Crippen LogP contribution in [0.4, 0.5) is 0 Å². The van der Waals surface area contributed by atoms with Crippen LogP contribution in [0.2, 0.25) is 0 Å². The van der Waals surface area contributed by atoms with Crippen molar-refractivity contribution in [3.05, 3.63) is 12.2 Å². The largest absolute Gasteiger partial charge is 0.501 e. The Balaban J connectivity index is -0.000000127. The summed E-state index contributed by atoms with van der Waals surface area (Å²) in [5.74, 6) is 0. The minimum Gasteiger partial charge on any atom is -0.501 e. The molecule has 0 fully saturated rings. The van der Waals surface area contributed by atoms with Gasteiger partial charge in [-0.1, -0.05) is 12.8 Å². The summed E-state index contributed by atoms with van der Waals surface area (Å²) < 4.78 is 0. The van der Waals surface area contributed by atoms with Crippen molar-refractivity contribution in [3.63, 3.8) is 0 Å². The van der Waals surface area contributed by atoms with Gasteiger partial charge in [-0.05, 0) is 15.8 Å². The van der Waals surface area contributed by atoms with Crippen LogP contribution in [0.25, 0.3) is 0 Å². The van der Waals surface area contributed by atoms with E-state index in [1.807, 2.05) is 0 Å². The van der Waals surface area contributed by atoms with Gasteiger partial charge in [0.2, 0.25) is 0 Å². The predicted octanol–water partition coefficient (Wildman–Crippen LogP) is 3.71. The Morgan fingerprint density at radius 2 is 1.29 bits per heavy atom. The molecule has 14 heavy (non-hydrogen) atoms. The second kappa shape index (κ2) is 16.5. The molecule has 0 spiro atoms. The van der Waals surface area contributed by atoms with E-state index in [-0.39, 0.29) is 32.6 Å². The normalized spacial score (nSPS) is 12.6. The average Bonchev–Trinajstić information content (AvgIpc) is 2.35. The van der Waals surface area contributed by atoms with Gasteiger partial charge in [0.05, 0.1) is 0 Å². The molecule has 0 atom stereocenters. The van der Waals surface area contributed by atoms with Crippen LogP contribution in [-0.4, -0.2) is 40.0 Å². The van der Waals surface area contributed by atoms with Crippen LogP contribution in [0.15, 0.2) is 6.08 Å². The summed E-state index contributed by atoms with van der Waals surface area (Å²) in [6, 6.07) is 0. The van der Waals surface area contributed by atoms with Crippen LogP contribution in [-0.2, 0) is 16.8 Å². The molecule has 0 bridgehead atoms. The van der Waals surface area contributed by atoms with Crippen LogP contribution >= 0.6 is 15.8 Å². The van der Waals surface area contributed by atoms with Gasteiger partial charge in [-0.25, -0.2) is 0 Å². The number of rotatable bonds is 0. The molecule has 0 aromatic carbocycles. The van der Waals surface area contributed by atoms with E-state index in [1.54, 1.807) is 0 Å². The molecule has 89 valence electrons. The van der Waals surface area contributed by atoms with Gasteiger partial charge in [0.15, 0.2) is 0 Å².